The summed E-state index contributed by atoms with van der Waals surface area (Å²) in [6, 6.07) is 9.88. The topological polar surface area (TPSA) is 78.9 Å². The number of nitrogens with zero attached hydrogens (tertiary/aromatic N) is 3. The molecule has 7 nitrogen and oxygen atoms in total. The van der Waals surface area contributed by atoms with Gasteiger partial charge in [0.05, 0.1) is 6.54 Å². The molecule has 1 amide bonds. The highest BCUT2D eigenvalue weighted by Crippen LogP contribution is 2.22. The van der Waals surface area contributed by atoms with Gasteiger partial charge in [0.25, 0.3) is 0 Å². The van der Waals surface area contributed by atoms with Gasteiger partial charge in [-0.1, -0.05) is 6.07 Å². The number of pyridine rings is 1. The van der Waals surface area contributed by atoms with Crippen molar-refractivity contribution < 1.29 is 9.53 Å². The summed E-state index contributed by atoms with van der Waals surface area (Å²) in [4.78, 5) is 22.6. The fourth-order valence-corrected chi connectivity index (χ4v) is 3.43. The van der Waals surface area contributed by atoms with Crippen molar-refractivity contribution in [1.82, 2.24) is 20.5 Å². The van der Waals surface area contributed by atoms with Gasteiger partial charge in [-0.25, -0.2) is 9.98 Å². The molecule has 1 aliphatic heterocycles. The first kappa shape index (κ1) is 25.9. The zero-order chi connectivity index (χ0) is 22.1. The number of rotatable bonds is 9. The maximum absolute atomic E-state index is 11.7. The Kier molecular flexibility index (Phi) is 10.7. The lowest BCUT2D eigenvalue weighted by molar-refractivity contribution is -0.127. The minimum Gasteiger partial charge on any atom is -0.439 e. The van der Waals surface area contributed by atoms with E-state index in [0.29, 0.717) is 18.8 Å². The summed E-state index contributed by atoms with van der Waals surface area (Å²) in [6.07, 6.45) is 4.32. The number of aliphatic imine (C=N–C) groups is 1. The van der Waals surface area contributed by atoms with E-state index >= 15 is 0 Å². The molecule has 2 heterocycles. The molecule has 0 unspecified atom stereocenters. The molecule has 8 heteroatoms. The predicted octanol–water partition coefficient (Wildman–Crippen LogP) is 4.18. The molecule has 1 fully saturated rings. The molecule has 2 N–H and O–H groups in total. The molecule has 0 bridgehead atoms. The van der Waals surface area contributed by atoms with Crippen LogP contribution in [0.5, 0.6) is 11.6 Å². The highest BCUT2D eigenvalue weighted by molar-refractivity contribution is 14.0. The van der Waals surface area contributed by atoms with Gasteiger partial charge in [0.15, 0.2) is 5.96 Å². The van der Waals surface area contributed by atoms with Gasteiger partial charge >= 0.3 is 0 Å². The van der Waals surface area contributed by atoms with Gasteiger partial charge in [0.1, 0.15) is 5.75 Å². The van der Waals surface area contributed by atoms with Crippen LogP contribution in [0.15, 0.2) is 41.5 Å². The molecule has 0 atom stereocenters. The van der Waals surface area contributed by atoms with Crippen LogP contribution in [-0.4, -0.2) is 47.9 Å². The average Bonchev–Trinajstić information content (AvgIpc) is 3.17. The van der Waals surface area contributed by atoms with E-state index < -0.39 is 0 Å². The van der Waals surface area contributed by atoms with Gasteiger partial charge in [-0.3, -0.25) is 4.79 Å². The van der Waals surface area contributed by atoms with Crippen molar-refractivity contribution in [3.63, 3.8) is 0 Å². The van der Waals surface area contributed by atoms with Crippen LogP contribution in [0.3, 0.4) is 0 Å². The van der Waals surface area contributed by atoms with E-state index in [1.807, 2.05) is 42.2 Å². The van der Waals surface area contributed by atoms with E-state index in [4.69, 9.17) is 4.74 Å². The van der Waals surface area contributed by atoms with Crippen molar-refractivity contribution in [2.24, 2.45) is 4.99 Å². The Morgan fingerprint density at radius 1 is 1.19 bits per heavy atom. The van der Waals surface area contributed by atoms with Crippen LogP contribution >= 0.6 is 24.0 Å². The average molecular weight is 551 g/mol. The number of carbonyl (C=O) groups is 1. The molecule has 1 aromatic carbocycles. The van der Waals surface area contributed by atoms with Crippen LogP contribution in [0.25, 0.3) is 0 Å². The molecule has 32 heavy (non-hydrogen) atoms. The number of guanidine groups is 1. The number of aromatic nitrogens is 1. The van der Waals surface area contributed by atoms with Crippen LogP contribution in [0.2, 0.25) is 0 Å². The number of hydrogen-bond donors (Lipinski definition) is 2. The summed E-state index contributed by atoms with van der Waals surface area (Å²) in [7, 11) is 0. The summed E-state index contributed by atoms with van der Waals surface area (Å²) in [6.45, 7) is 9.96. The molecule has 0 spiro atoms. The third-order valence-corrected chi connectivity index (χ3v) is 5.33. The highest BCUT2D eigenvalue weighted by atomic mass is 127. The van der Waals surface area contributed by atoms with Crippen molar-refractivity contribution in [3.05, 3.63) is 53.2 Å². The number of aryl methyl sites for hydroxylation is 2. The van der Waals surface area contributed by atoms with E-state index in [0.717, 1.165) is 56.3 Å². The Morgan fingerprint density at radius 3 is 2.75 bits per heavy atom. The first-order valence-corrected chi connectivity index (χ1v) is 11.0. The Bertz CT molecular complexity index is 919. The van der Waals surface area contributed by atoms with Crippen molar-refractivity contribution in [1.29, 1.82) is 0 Å². The van der Waals surface area contributed by atoms with Gasteiger partial charge in [0.2, 0.25) is 11.8 Å². The molecule has 0 aliphatic carbocycles. The number of carbonyl (C=O) groups excluding carboxylic acids is 1. The summed E-state index contributed by atoms with van der Waals surface area (Å²) in [5, 5.41) is 6.62. The second kappa shape index (κ2) is 13.2. The number of likely N-dealkylation sites (tertiary alicyclic amines) is 1. The van der Waals surface area contributed by atoms with Gasteiger partial charge in [-0.05, 0) is 68.5 Å². The zero-order valence-electron chi connectivity index (χ0n) is 19.2. The second-order valence-corrected chi connectivity index (χ2v) is 7.81. The third kappa shape index (κ3) is 7.96. The fourth-order valence-electron chi connectivity index (χ4n) is 3.43. The van der Waals surface area contributed by atoms with E-state index in [-0.39, 0.29) is 29.9 Å². The highest BCUT2D eigenvalue weighted by Gasteiger charge is 2.18. The molecule has 1 aliphatic rings. The Balaban J connectivity index is 0.00000363. The van der Waals surface area contributed by atoms with Crippen molar-refractivity contribution in [3.8, 4) is 11.6 Å². The van der Waals surface area contributed by atoms with Crippen molar-refractivity contribution >= 4 is 35.8 Å². The molecule has 0 saturated carbocycles. The predicted molar refractivity (Wildman–Crippen MR) is 139 cm³/mol. The molecule has 0 radical (unpaired) electrons. The van der Waals surface area contributed by atoms with E-state index in [1.165, 1.54) is 11.1 Å². The van der Waals surface area contributed by atoms with Crippen LogP contribution < -0.4 is 15.4 Å². The Hall–Kier alpha value is -2.36. The van der Waals surface area contributed by atoms with Crippen LogP contribution in [0.4, 0.5) is 0 Å². The first-order valence-electron chi connectivity index (χ1n) is 11.0. The van der Waals surface area contributed by atoms with Gasteiger partial charge < -0.3 is 20.3 Å². The van der Waals surface area contributed by atoms with Crippen molar-refractivity contribution in [2.75, 3.05) is 26.2 Å². The molecule has 1 aromatic heterocycles. The fraction of sp³-hybridized carbons (Fsp3) is 0.458. The smallest absolute Gasteiger partial charge is 0.222 e. The molecule has 1 saturated heterocycles. The minimum atomic E-state index is 0. The summed E-state index contributed by atoms with van der Waals surface area (Å²) >= 11 is 0. The second-order valence-electron chi connectivity index (χ2n) is 7.81. The van der Waals surface area contributed by atoms with Crippen molar-refractivity contribution in [2.45, 2.75) is 46.6 Å². The minimum absolute atomic E-state index is 0. The molecular weight excluding hydrogens is 517 g/mol. The number of hydrogen-bond acceptors (Lipinski definition) is 4. The maximum Gasteiger partial charge on any atom is 0.222 e. The van der Waals surface area contributed by atoms with Gasteiger partial charge in [0, 0.05) is 44.9 Å². The summed E-state index contributed by atoms with van der Waals surface area (Å²) in [5.74, 6) is 2.38. The lowest BCUT2D eigenvalue weighted by Gasteiger charge is -2.16. The number of amides is 1. The molecule has 3 rings (SSSR count). The van der Waals surface area contributed by atoms with Crippen LogP contribution in [0, 0.1) is 13.8 Å². The standard InChI is InChI=1S/C24H33N5O2.HI/c1-4-25-24(27-11-6-14-29-13-5-7-23(29)30)28-17-20-10-12-26-22(16-20)31-21-9-8-18(2)19(3)15-21;/h8-10,12,15-16H,4-7,11,13-14,17H2,1-3H3,(H2,25,27,28);1H. The maximum atomic E-state index is 11.7. The Labute approximate surface area is 208 Å². The molecular formula is C24H34IN5O2. The van der Waals surface area contributed by atoms with E-state index in [1.54, 1.807) is 6.20 Å². The summed E-state index contributed by atoms with van der Waals surface area (Å²) < 4.78 is 5.92. The van der Waals surface area contributed by atoms with Crippen LogP contribution in [0.1, 0.15) is 42.9 Å². The normalized spacial score (nSPS) is 13.7. The Morgan fingerprint density at radius 2 is 2.03 bits per heavy atom. The SMILES string of the molecule is CCNC(=NCc1ccnc(Oc2ccc(C)c(C)c2)c1)NCCCN1CCCC1=O.I. The van der Waals surface area contributed by atoms with Gasteiger partial charge in [-0.2, -0.15) is 0 Å². The summed E-state index contributed by atoms with van der Waals surface area (Å²) in [5.41, 5.74) is 3.45. The number of nitrogens with one attached hydrogen (secondary N) is 2. The molecule has 174 valence electrons. The quantitative estimate of drug-likeness (QED) is 0.212. The van der Waals surface area contributed by atoms with E-state index in [9.17, 15) is 4.79 Å². The number of ether oxygens (including phenoxy) is 1. The van der Waals surface area contributed by atoms with Crippen LogP contribution in [-0.2, 0) is 11.3 Å². The monoisotopic (exact) mass is 551 g/mol. The lowest BCUT2D eigenvalue weighted by atomic mass is 10.1. The molecule has 2 aromatic rings. The zero-order valence-corrected chi connectivity index (χ0v) is 21.5. The first-order chi connectivity index (χ1) is 15.0. The number of benzene rings is 1. The lowest BCUT2D eigenvalue weighted by Crippen LogP contribution is -2.39. The number of halogens is 1. The van der Waals surface area contributed by atoms with E-state index in [2.05, 4.69) is 34.5 Å². The largest absolute Gasteiger partial charge is 0.439 e. The third-order valence-electron chi connectivity index (χ3n) is 5.33. The van der Waals surface area contributed by atoms with Gasteiger partial charge in [-0.15, -0.1) is 24.0 Å².